The fourth-order valence-electron chi connectivity index (χ4n) is 2.65. The van der Waals surface area contributed by atoms with E-state index in [1.165, 1.54) is 0 Å². The molecule has 2 aromatic carbocycles. The minimum Gasteiger partial charge on any atom is -0.479 e. The predicted octanol–water partition coefficient (Wildman–Crippen LogP) is -0.307. The van der Waals surface area contributed by atoms with Gasteiger partial charge in [-0.1, -0.05) is 30.3 Å². The van der Waals surface area contributed by atoms with Crippen LogP contribution in [0.4, 0.5) is 5.69 Å². The molecule has 0 amide bonds. The van der Waals surface area contributed by atoms with Gasteiger partial charge in [-0.3, -0.25) is 0 Å². The van der Waals surface area contributed by atoms with Crippen molar-refractivity contribution in [3.05, 3.63) is 36.4 Å². The van der Waals surface area contributed by atoms with E-state index in [4.69, 9.17) is 20.3 Å². The average Bonchev–Trinajstić information content (AvgIpc) is 2.57. The number of ether oxygens (including phenoxy) is 2. The molecule has 0 bridgehead atoms. The van der Waals surface area contributed by atoms with Gasteiger partial charge in [-0.05, 0) is 11.5 Å². The number of anilines is 1. The van der Waals surface area contributed by atoms with Crippen LogP contribution in [0.1, 0.15) is 0 Å². The van der Waals surface area contributed by atoms with Gasteiger partial charge in [0.25, 0.3) is 0 Å². The molecule has 24 heavy (non-hydrogen) atoms. The Morgan fingerprint density at radius 3 is 2.46 bits per heavy atom. The first kappa shape index (κ1) is 16.5. The Labute approximate surface area is 136 Å². The van der Waals surface area contributed by atoms with Crippen LogP contribution in [-0.4, -0.2) is 57.1 Å². The monoisotopic (exact) mass is 335 g/mol. The Balaban J connectivity index is 1.89. The lowest BCUT2D eigenvalue weighted by Crippen LogP contribution is -2.61. The van der Waals surface area contributed by atoms with Gasteiger partial charge < -0.3 is 35.6 Å². The van der Waals surface area contributed by atoms with E-state index in [9.17, 15) is 20.1 Å². The van der Waals surface area contributed by atoms with Crippen molar-refractivity contribution in [1.29, 1.82) is 0 Å². The summed E-state index contributed by atoms with van der Waals surface area (Å²) in [4.78, 5) is 11.1. The van der Waals surface area contributed by atoms with Crippen molar-refractivity contribution in [2.24, 2.45) is 0 Å². The van der Waals surface area contributed by atoms with Crippen LogP contribution in [0.15, 0.2) is 36.4 Å². The van der Waals surface area contributed by atoms with E-state index >= 15 is 0 Å². The van der Waals surface area contributed by atoms with E-state index in [2.05, 4.69) is 0 Å². The summed E-state index contributed by atoms with van der Waals surface area (Å²) in [5.74, 6) is -1.31. The number of aliphatic carboxylic acids is 1. The first-order valence-corrected chi connectivity index (χ1v) is 7.26. The fourth-order valence-corrected chi connectivity index (χ4v) is 2.65. The smallest absolute Gasteiger partial charge is 0.335 e. The highest BCUT2D eigenvalue weighted by atomic mass is 16.7. The molecule has 1 fully saturated rings. The molecule has 3 rings (SSSR count). The van der Waals surface area contributed by atoms with Crippen LogP contribution in [0.5, 0.6) is 5.75 Å². The van der Waals surface area contributed by atoms with Crippen molar-refractivity contribution in [3.8, 4) is 5.75 Å². The third-order valence-electron chi connectivity index (χ3n) is 3.99. The summed E-state index contributed by atoms with van der Waals surface area (Å²) in [6.45, 7) is 0. The Kier molecular flexibility index (Phi) is 4.29. The van der Waals surface area contributed by atoms with Gasteiger partial charge in [-0.25, -0.2) is 4.79 Å². The maximum atomic E-state index is 11.1. The Morgan fingerprint density at radius 1 is 1.04 bits per heavy atom. The molecule has 0 aliphatic carbocycles. The molecule has 1 heterocycles. The number of rotatable bonds is 3. The zero-order valence-corrected chi connectivity index (χ0v) is 12.4. The van der Waals surface area contributed by atoms with Crippen molar-refractivity contribution < 1.29 is 34.7 Å². The molecule has 8 heteroatoms. The summed E-state index contributed by atoms with van der Waals surface area (Å²) in [5.41, 5.74) is 6.34. The largest absolute Gasteiger partial charge is 0.479 e. The van der Waals surface area contributed by atoms with Crippen LogP contribution in [0.25, 0.3) is 10.8 Å². The second-order valence-corrected chi connectivity index (χ2v) is 5.55. The lowest BCUT2D eigenvalue weighted by atomic mass is 9.99. The molecule has 0 saturated carbocycles. The normalized spacial score (nSPS) is 30.2. The van der Waals surface area contributed by atoms with Gasteiger partial charge in [0.2, 0.25) is 6.29 Å². The summed E-state index contributed by atoms with van der Waals surface area (Å²) in [7, 11) is 0. The first-order chi connectivity index (χ1) is 11.4. The highest BCUT2D eigenvalue weighted by Crippen LogP contribution is 2.33. The number of carboxylic acid groups (broad SMARTS) is 1. The molecule has 5 unspecified atom stereocenters. The quantitative estimate of drug-likeness (QED) is 0.481. The molecule has 0 spiro atoms. The van der Waals surface area contributed by atoms with Crippen molar-refractivity contribution in [1.82, 2.24) is 0 Å². The SMILES string of the molecule is Nc1c(OC2OC(C(=O)O)C(O)C(O)C2O)ccc2ccccc12. The molecule has 2 aromatic rings. The Bertz CT molecular complexity index is 765. The van der Waals surface area contributed by atoms with E-state index in [0.717, 1.165) is 10.8 Å². The number of nitrogens with two attached hydrogens (primary N) is 1. The molecular weight excluding hydrogens is 318 g/mol. The number of fused-ring (bicyclic) bond motifs is 1. The summed E-state index contributed by atoms with van der Waals surface area (Å²) in [6.07, 6.45) is -8.36. The van der Waals surface area contributed by atoms with E-state index in [-0.39, 0.29) is 11.4 Å². The highest BCUT2D eigenvalue weighted by molar-refractivity contribution is 5.95. The molecule has 5 atom stereocenters. The first-order valence-electron chi connectivity index (χ1n) is 7.26. The second-order valence-electron chi connectivity index (χ2n) is 5.55. The van der Waals surface area contributed by atoms with E-state index < -0.39 is 36.7 Å². The topological polar surface area (TPSA) is 142 Å². The molecule has 8 nitrogen and oxygen atoms in total. The van der Waals surface area contributed by atoms with Crippen molar-refractivity contribution in [2.45, 2.75) is 30.7 Å². The summed E-state index contributed by atoms with van der Waals surface area (Å²) in [6, 6.07) is 10.6. The Hall–Kier alpha value is -2.39. The molecule has 0 aromatic heterocycles. The minimum absolute atomic E-state index is 0.172. The van der Waals surface area contributed by atoms with Crippen molar-refractivity contribution in [2.75, 3.05) is 5.73 Å². The van der Waals surface area contributed by atoms with Crippen LogP contribution in [0, 0.1) is 0 Å². The summed E-state index contributed by atoms with van der Waals surface area (Å²) < 4.78 is 10.6. The number of benzene rings is 2. The lowest BCUT2D eigenvalue weighted by molar-refractivity contribution is -0.271. The van der Waals surface area contributed by atoms with E-state index in [1.807, 2.05) is 12.1 Å². The number of hydrogen-bond acceptors (Lipinski definition) is 7. The van der Waals surface area contributed by atoms with Crippen LogP contribution in [-0.2, 0) is 9.53 Å². The zero-order chi connectivity index (χ0) is 17.4. The maximum absolute atomic E-state index is 11.1. The van der Waals surface area contributed by atoms with Gasteiger partial charge in [-0.15, -0.1) is 0 Å². The zero-order valence-electron chi connectivity index (χ0n) is 12.4. The third kappa shape index (κ3) is 2.76. The number of hydrogen-bond donors (Lipinski definition) is 5. The maximum Gasteiger partial charge on any atom is 0.335 e. The molecule has 1 aliphatic rings. The summed E-state index contributed by atoms with van der Waals surface area (Å²) >= 11 is 0. The van der Waals surface area contributed by atoms with Crippen LogP contribution < -0.4 is 10.5 Å². The highest BCUT2D eigenvalue weighted by Gasteiger charge is 2.48. The van der Waals surface area contributed by atoms with Gasteiger partial charge in [-0.2, -0.15) is 0 Å². The fraction of sp³-hybridized carbons (Fsp3) is 0.312. The van der Waals surface area contributed by atoms with E-state index in [1.54, 1.807) is 24.3 Å². The third-order valence-corrected chi connectivity index (χ3v) is 3.99. The van der Waals surface area contributed by atoms with Gasteiger partial charge >= 0.3 is 5.97 Å². The second kappa shape index (κ2) is 6.25. The molecule has 128 valence electrons. The van der Waals surface area contributed by atoms with E-state index in [0.29, 0.717) is 0 Å². The number of aliphatic hydroxyl groups is 3. The molecular formula is C16H17NO7. The lowest BCUT2D eigenvalue weighted by Gasteiger charge is -2.38. The van der Waals surface area contributed by atoms with Gasteiger partial charge in [0.1, 0.15) is 24.1 Å². The van der Waals surface area contributed by atoms with Crippen LogP contribution in [0.2, 0.25) is 0 Å². The number of aliphatic hydroxyl groups excluding tert-OH is 3. The number of nitrogen functional groups attached to an aromatic ring is 1. The molecule has 6 N–H and O–H groups in total. The van der Waals surface area contributed by atoms with Crippen molar-refractivity contribution in [3.63, 3.8) is 0 Å². The standard InChI is InChI=1S/C16H17NO7/c17-10-8-4-2-1-3-7(8)5-6-9(10)23-16-13(20)11(18)12(19)14(24-16)15(21)22/h1-6,11-14,16,18-20H,17H2,(H,21,22). The predicted molar refractivity (Wildman–Crippen MR) is 83.3 cm³/mol. The van der Waals surface area contributed by atoms with Crippen molar-refractivity contribution >= 4 is 22.4 Å². The molecule has 0 radical (unpaired) electrons. The number of carbonyl (C=O) groups is 1. The van der Waals surface area contributed by atoms with Gasteiger partial charge in [0.15, 0.2) is 6.10 Å². The van der Waals surface area contributed by atoms with Crippen LogP contribution >= 0.6 is 0 Å². The van der Waals surface area contributed by atoms with Crippen LogP contribution in [0.3, 0.4) is 0 Å². The minimum atomic E-state index is -1.77. The Morgan fingerprint density at radius 2 is 1.75 bits per heavy atom. The average molecular weight is 335 g/mol. The number of carboxylic acids is 1. The van der Waals surface area contributed by atoms with Gasteiger partial charge in [0.05, 0.1) is 5.69 Å². The molecule has 1 aliphatic heterocycles. The molecule has 1 saturated heterocycles. The van der Waals surface area contributed by atoms with Gasteiger partial charge in [0, 0.05) is 5.39 Å². The summed E-state index contributed by atoms with van der Waals surface area (Å²) in [5, 5.41) is 40.1.